The zero-order valence-corrected chi connectivity index (χ0v) is 10.8. The molecule has 1 aromatic heterocycles. The van der Waals surface area contributed by atoms with Crippen LogP contribution < -0.4 is 5.73 Å². The molecule has 0 aliphatic heterocycles. The van der Waals surface area contributed by atoms with Gasteiger partial charge in [-0.3, -0.25) is 4.98 Å². The van der Waals surface area contributed by atoms with Crippen LogP contribution in [0.25, 0.3) is 6.08 Å². The largest absolute Gasteiger partial charge is 0.371 e. The van der Waals surface area contributed by atoms with E-state index in [0.29, 0.717) is 19.8 Å². The van der Waals surface area contributed by atoms with Crippen LogP contribution in [0.5, 0.6) is 0 Å². The fraction of sp³-hybridized carbons (Fsp3) is 0.188. The number of hydrogen-bond donors (Lipinski definition) is 1. The van der Waals surface area contributed by atoms with Gasteiger partial charge in [0.25, 0.3) is 0 Å². The summed E-state index contributed by atoms with van der Waals surface area (Å²) in [5.74, 6) is 0. The number of nitrogens with zero attached hydrogens (tertiary/aromatic N) is 1. The molecule has 1 heterocycles. The SMILES string of the molecule is NCc1ccc(COCC=Cc2ccccc2)nc1. The molecule has 0 fully saturated rings. The highest BCUT2D eigenvalue weighted by molar-refractivity contribution is 5.48. The van der Waals surface area contributed by atoms with Gasteiger partial charge < -0.3 is 10.5 Å². The van der Waals surface area contributed by atoms with E-state index in [9.17, 15) is 0 Å². The summed E-state index contributed by atoms with van der Waals surface area (Å²) in [4.78, 5) is 4.28. The Morgan fingerprint density at radius 2 is 1.95 bits per heavy atom. The monoisotopic (exact) mass is 254 g/mol. The van der Waals surface area contributed by atoms with Crippen molar-refractivity contribution in [3.05, 3.63) is 71.6 Å². The topological polar surface area (TPSA) is 48.1 Å². The van der Waals surface area contributed by atoms with Gasteiger partial charge in [-0.1, -0.05) is 48.6 Å². The molecule has 2 rings (SSSR count). The molecule has 3 heteroatoms. The van der Waals surface area contributed by atoms with Crippen LogP contribution in [0.1, 0.15) is 16.8 Å². The predicted molar refractivity (Wildman–Crippen MR) is 77.3 cm³/mol. The van der Waals surface area contributed by atoms with Gasteiger partial charge in [-0.05, 0) is 17.2 Å². The quantitative estimate of drug-likeness (QED) is 0.806. The maximum atomic E-state index is 5.53. The van der Waals surface area contributed by atoms with Crippen molar-refractivity contribution < 1.29 is 4.74 Å². The van der Waals surface area contributed by atoms with E-state index >= 15 is 0 Å². The van der Waals surface area contributed by atoms with Crippen LogP contribution in [0.2, 0.25) is 0 Å². The summed E-state index contributed by atoms with van der Waals surface area (Å²) in [7, 11) is 0. The molecule has 2 N–H and O–H groups in total. The third-order valence-electron chi connectivity index (χ3n) is 2.70. The molecular weight excluding hydrogens is 236 g/mol. The van der Waals surface area contributed by atoms with Gasteiger partial charge in [-0.15, -0.1) is 0 Å². The van der Waals surface area contributed by atoms with Crippen LogP contribution in [-0.2, 0) is 17.9 Å². The van der Waals surface area contributed by atoms with E-state index in [4.69, 9.17) is 10.5 Å². The van der Waals surface area contributed by atoms with Crippen molar-refractivity contribution in [2.45, 2.75) is 13.2 Å². The molecule has 3 nitrogen and oxygen atoms in total. The number of benzene rings is 1. The van der Waals surface area contributed by atoms with Gasteiger partial charge >= 0.3 is 0 Å². The van der Waals surface area contributed by atoms with Gasteiger partial charge in [0.15, 0.2) is 0 Å². The zero-order chi connectivity index (χ0) is 13.3. The van der Waals surface area contributed by atoms with Crippen molar-refractivity contribution in [3.8, 4) is 0 Å². The summed E-state index contributed by atoms with van der Waals surface area (Å²) in [5.41, 5.74) is 8.65. The number of rotatable bonds is 6. The highest BCUT2D eigenvalue weighted by Crippen LogP contribution is 2.03. The van der Waals surface area contributed by atoms with Crippen molar-refractivity contribution in [2.24, 2.45) is 5.73 Å². The van der Waals surface area contributed by atoms with E-state index in [1.165, 1.54) is 5.56 Å². The highest BCUT2D eigenvalue weighted by atomic mass is 16.5. The first-order chi connectivity index (χ1) is 9.38. The van der Waals surface area contributed by atoms with E-state index in [1.807, 2.05) is 42.5 Å². The fourth-order valence-corrected chi connectivity index (χ4v) is 1.64. The molecule has 1 aromatic carbocycles. The number of hydrogen-bond acceptors (Lipinski definition) is 3. The minimum absolute atomic E-state index is 0.518. The van der Waals surface area contributed by atoms with Crippen LogP contribution in [0.3, 0.4) is 0 Å². The molecule has 2 aromatic rings. The van der Waals surface area contributed by atoms with Crippen molar-refractivity contribution in [1.29, 1.82) is 0 Å². The van der Waals surface area contributed by atoms with Gasteiger partial charge in [-0.25, -0.2) is 0 Å². The maximum Gasteiger partial charge on any atom is 0.0892 e. The number of ether oxygens (including phenoxy) is 1. The second-order valence-electron chi connectivity index (χ2n) is 4.19. The third-order valence-corrected chi connectivity index (χ3v) is 2.70. The Morgan fingerprint density at radius 3 is 2.63 bits per heavy atom. The van der Waals surface area contributed by atoms with E-state index in [0.717, 1.165) is 11.3 Å². The molecule has 98 valence electrons. The first-order valence-electron chi connectivity index (χ1n) is 6.31. The minimum atomic E-state index is 0.518. The van der Waals surface area contributed by atoms with Gasteiger partial charge in [0.2, 0.25) is 0 Å². The minimum Gasteiger partial charge on any atom is -0.371 e. The Bertz CT molecular complexity index is 506. The van der Waals surface area contributed by atoms with E-state index < -0.39 is 0 Å². The fourth-order valence-electron chi connectivity index (χ4n) is 1.64. The Morgan fingerprint density at radius 1 is 1.11 bits per heavy atom. The molecule has 0 amide bonds. The van der Waals surface area contributed by atoms with Crippen LogP contribution >= 0.6 is 0 Å². The summed E-state index contributed by atoms with van der Waals surface area (Å²) in [6.45, 7) is 1.62. The van der Waals surface area contributed by atoms with Crippen LogP contribution in [0, 0.1) is 0 Å². The summed E-state index contributed by atoms with van der Waals surface area (Å²) >= 11 is 0. The lowest BCUT2D eigenvalue weighted by molar-refractivity contribution is 0.146. The lowest BCUT2D eigenvalue weighted by atomic mass is 10.2. The molecule has 0 saturated carbocycles. The maximum absolute atomic E-state index is 5.53. The molecule has 0 unspecified atom stereocenters. The van der Waals surface area contributed by atoms with Gasteiger partial charge in [0, 0.05) is 12.7 Å². The molecule has 0 radical (unpaired) electrons. The summed E-state index contributed by atoms with van der Waals surface area (Å²) in [6.07, 6.45) is 5.84. The Balaban J connectivity index is 1.73. The molecule has 0 spiro atoms. The van der Waals surface area contributed by atoms with Crippen LogP contribution in [0.4, 0.5) is 0 Å². The zero-order valence-electron chi connectivity index (χ0n) is 10.8. The highest BCUT2D eigenvalue weighted by Gasteiger charge is 1.94. The van der Waals surface area contributed by atoms with Gasteiger partial charge in [0.05, 0.1) is 18.9 Å². The number of nitrogens with two attached hydrogens (primary N) is 1. The standard InChI is InChI=1S/C16H18N2O/c17-11-15-8-9-16(18-12-15)13-19-10-4-7-14-5-2-1-3-6-14/h1-9,12H,10-11,13,17H2. The summed E-state index contributed by atoms with van der Waals surface area (Å²) < 4.78 is 5.53. The van der Waals surface area contributed by atoms with Crippen LogP contribution in [-0.4, -0.2) is 11.6 Å². The molecule has 0 atom stereocenters. The smallest absolute Gasteiger partial charge is 0.0892 e. The van der Waals surface area contributed by atoms with E-state index in [-0.39, 0.29) is 0 Å². The van der Waals surface area contributed by atoms with Gasteiger partial charge in [-0.2, -0.15) is 0 Å². The molecular formula is C16H18N2O. The molecule has 19 heavy (non-hydrogen) atoms. The first kappa shape index (κ1) is 13.5. The molecule has 0 bridgehead atoms. The Hall–Kier alpha value is -1.97. The summed E-state index contributed by atoms with van der Waals surface area (Å²) in [5, 5.41) is 0. The van der Waals surface area contributed by atoms with Crippen LogP contribution in [0.15, 0.2) is 54.7 Å². The van der Waals surface area contributed by atoms with E-state index in [2.05, 4.69) is 17.1 Å². The Kier molecular flexibility index (Phi) is 5.29. The predicted octanol–water partition coefficient (Wildman–Crippen LogP) is 2.77. The van der Waals surface area contributed by atoms with Gasteiger partial charge in [0.1, 0.15) is 0 Å². The van der Waals surface area contributed by atoms with E-state index in [1.54, 1.807) is 6.20 Å². The normalized spacial score (nSPS) is 11.0. The van der Waals surface area contributed by atoms with Crippen molar-refractivity contribution in [1.82, 2.24) is 4.98 Å². The third kappa shape index (κ3) is 4.66. The lowest BCUT2D eigenvalue weighted by Gasteiger charge is -2.02. The van der Waals surface area contributed by atoms with Crippen molar-refractivity contribution >= 4 is 6.08 Å². The lowest BCUT2D eigenvalue weighted by Crippen LogP contribution is -2.00. The number of aromatic nitrogens is 1. The molecule has 0 aliphatic rings. The first-order valence-corrected chi connectivity index (χ1v) is 6.31. The average Bonchev–Trinajstić information content (AvgIpc) is 2.49. The number of pyridine rings is 1. The summed E-state index contributed by atoms with van der Waals surface area (Å²) in [6, 6.07) is 14.1. The van der Waals surface area contributed by atoms with Crippen molar-refractivity contribution in [2.75, 3.05) is 6.61 Å². The van der Waals surface area contributed by atoms with Crippen molar-refractivity contribution in [3.63, 3.8) is 0 Å². The molecule has 0 aliphatic carbocycles. The second-order valence-corrected chi connectivity index (χ2v) is 4.19. The Labute approximate surface area is 113 Å². The average molecular weight is 254 g/mol. The molecule has 0 saturated heterocycles. The second kappa shape index (κ2) is 7.46.